The van der Waals surface area contributed by atoms with Gasteiger partial charge in [0.05, 0.1) is 23.8 Å². The predicted molar refractivity (Wildman–Crippen MR) is 101 cm³/mol. The number of aryl methyl sites for hydroxylation is 2. The van der Waals surface area contributed by atoms with Crippen LogP contribution in [0.25, 0.3) is 0 Å². The van der Waals surface area contributed by atoms with E-state index < -0.39 is 11.7 Å². The molecule has 0 aromatic carbocycles. The molecule has 1 aliphatic carbocycles. The SMILES string of the molecule is CC[C@H](CO)C(=O)N1CC2(CCC(Oc3cc(C)c(C(F)(F)F)c(C)n3)CC2)C1. The Labute approximate surface area is 169 Å². The number of nitrogens with zero attached hydrogens (tertiary/aromatic N) is 2. The highest BCUT2D eigenvalue weighted by Crippen LogP contribution is 2.45. The van der Waals surface area contributed by atoms with Crippen molar-refractivity contribution in [3.63, 3.8) is 0 Å². The lowest BCUT2D eigenvalue weighted by molar-refractivity contribution is -0.152. The largest absolute Gasteiger partial charge is 0.474 e. The maximum atomic E-state index is 13.1. The summed E-state index contributed by atoms with van der Waals surface area (Å²) < 4.78 is 45.2. The summed E-state index contributed by atoms with van der Waals surface area (Å²) in [5, 5.41) is 9.31. The first-order chi connectivity index (χ1) is 13.6. The smallest absolute Gasteiger partial charge is 0.418 e. The molecule has 1 aromatic heterocycles. The van der Waals surface area contributed by atoms with Crippen LogP contribution in [0.4, 0.5) is 13.2 Å². The fourth-order valence-corrected chi connectivity index (χ4v) is 4.65. The fourth-order valence-electron chi connectivity index (χ4n) is 4.65. The van der Waals surface area contributed by atoms with Gasteiger partial charge in [0.1, 0.15) is 6.10 Å². The Balaban J connectivity index is 1.54. The molecule has 0 bridgehead atoms. The van der Waals surface area contributed by atoms with E-state index >= 15 is 0 Å². The van der Waals surface area contributed by atoms with Crippen molar-refractivity contribution in [2.75, 3.05) is 19.7 Å². The number of pyridine rings is 1. The lowest BCUT2D eigenvalue weighted by Gasteiger charge is -2.54. The third kappa shape index (κ3) is 4.52. The second kappa shape index (κ2) is 8.13. The topological polar surface area (TPSA) is 62.7 Å². The van der Waals surface area contributed by atoms with Gasteiger partial charge < -0.3 is 14.7 Å². The van der Waals surface area contributed by atoms with Gasteiger partial charge >= 0.3 is 6.18 Å². The third-order valence-corrected chi connectivity index (χ3v) is 6.36. The monoisotopic (exact) mass is 414 g/mol. The Kier molecular flexibility index (Phi) is 6.13. The summed E-state index contributed by atoms with van der Waals surface area (Å²) in [5.41, 5.74) is -0.528. The zero-order chi connectivity index (χ0) is 21.4. The predicted octanol–water partition coefficient (Wildman–Crippen LogP) is 3.89. The van der Waals surface area contributed by atoms with Crippen LogP contribution < -0.4 is 4.74 Å². The van der Waals surface area contributed by atoms with Crippen LogP contribution in [-0.4, -0.2) is 46.7 Å². The summed E-state index contributed by atoms with van der Waals surface area (Å²) in [6, 6.07) is 1.36. The Bertz CT molecular complexity index is 723. The molecule has 1 N–H and O–H groups in total. The minimum Gasteiger partial charge on any atom is -0.474 e. The van der Waals surface area contributed by atoms with Gasteiger partial charge in [-0.15, -0.1) is 0 Å². The number of halogens is 3. The first kappa shape index (κ1) is 21.9. The van der Waals surface area contributed by atoms with Crippen molar-refractivity contribution < 1.29 is 27.8 Å². The minimum atomic E-state index is -4.42. The van der Waals surface area contributed by atoms with Crippen LogP contribution in [0.1, 0.15) is 55.8 Å². The molecule has 5 nitrogen and oxygen atoms in total. The van der Waals surface area contributed by atoms with Gasteiger partial charge in [0.25, 0.3) is 0 Å². The summed E-state index contributed by atoms with van der Waals surface area (Å²) in [6.45, 7) is 5.99. The first-order valence-electron chi connectivity index (χ1n) is 10.2. The molecule has 1 amide bonds. The van der Waals surface area contributed by atoms with E-state index in [1.165, 1.54) is 19.9 Å². The molecule has 0 unspecified atom stereocenters. The van der Waals surface area contributed by atoms with Crippen molar-refractivity contribution in [1.29, 1.82) is 0 Å². The number of hydrogen-bond donors (Lipinski definition) is 1. The molecule has 1 aromatic rings. The van der Waals surface area contributed by atoms with Crippen LogP contribution in [0.3, 0.4) is 0 Å². The van der Waals surface area contributed by atoms with Crippen molar-refractivity contribution in [2.24, 2.45) is 11.3 Å². The van der Waals surface area contributed by atoms with E-state index in [4.69, 9.17) is 4.74 Å². The van der Waals surface area contributed by atoms with Crippen LogP contribution in [-0.2, 0) is 11.0 Å². The number of carbonyl (C=O) groups is 1. The Hall–Kier alpha value is -1.83. The molecule has 162 valence electrons. The van der Waals surface area contributed by atoms with Crippen LogP contribution in [0.2, 0.25) is 0 Å². The molecule has 2 fully saturated rings. The zero-order valence-corrected chi connectivity index (χ0v) is 17.2. The summed E-state index contributed by atoms with van der Waals surface area (Å²) in [6.07, 6.45) is -0.453. The third-order valence-electron chi connectivity index (χ3n) is 6.36. The van der Waals surface area contributed by atoms with E-state index in [0.717, 1.165) is 25.7 Å². The maximum absolute atomic E-state index is 13.1. The summed E-state index contributed by atoms with van der Waals surface area (Å²) in [5.74, 6) is -0.0451. The second-order valence-electron chi connectivity index (χ2n) is 8.53. The van der Waals surface area contributed by atoms with E-state index in [9.17, 15) is 23.1 Å². The standard InChI is InChI=1S/C21H29F3N2O3/c1-4-15(10-27)19(28)26-11-20(12-26)7-5-16(6-8-20)29-17-9-13(2)18(14(3)25-17)21(22,23)24/h9,15-16,27H,4-8,10-12H2,1-3H3/t15-/m1/s1. The van der Waals surface area contributed by atoms with Gasteiger partial charge in [-0.3, -0.25) is 4.79 Å². The second-order valence-corrected chi connectivity index (χ2v) is 8.53. The molecule has 3 rings (SSSR count). The van der Waals surface area contributed by atoms with Crippen molar-refractivity contribution in [2.45, 2.75) is 65.2 Å². The minimum absolute atomic E-state index is 0.0268. The summed E-state index contributed by atoms with van der Waals surface area (Å²) in [4.78, 5) is 18.2. The highest BCUT2D eigenvalue weighted by Gasteiger charge is 2.48. The number of alkyl halides is 3. The molecular weight excluding hydrogens is 385 g/mol. The molecule has 1 atom stereocenters. The van der Waals surface area contributed by atoms with Crippen LogP contribution in [0, 0.1) is 25.2 Å². The molecule has 29 heavy (non-hydrogen) atoms. The highest BCUT2D eigenvalue weighted by atomic mass is 19.4. The highest BCUT2D eigenvalue weighted by molar-refractivity contribution is 5.80. The van der Waals surface area contributed by atoms with Crippen molar-refractivity contribution in [1.82, 2.24) is 9.88 Å². The van der Waals surface area contributed by atoms with E-state index in [0.29, 0.717) is 19.5 Å². The van der Waals surface area contributed by atoms with Crippen LogP contribution in [0.5, 0.6) is 5.88 Å². The van der Waals surface area contributed by atoms with Gasteiger partial charge in [-0.05, 0) is 51.5 Å². The molecular formula is C21H29F3N2O3. The van der Waals surface area contributed by atoms with Gasteiger partial charge in [-0.2, -0.15) is 13.2 Å². The number of aromatic nitrogens is 1. The summed E-state index contributed by atoms with van der Waals surface area (Å²) in [7, 11) is 0. The van der Waals surface area contributed by atoms with Crippen LogP contribution in [0.15, 0.2) is 6.07 Å². The molecule has 2 heterocycles. The van der Waals surface area contributed by atoms with Gasteiger partial charge in [0.15, 0.2) is 0 Å². The quantitative estimate of drug-likeness (QED) is 0.794. The Morgan fingerprint density at radius 1 is 1.34 bits per heavy atom. The lowest BCUT2D eigenvalue weighted by atomic mass is 9.67. The van der Waals surface area contributed by atoms with Crippen molar-refractivity contribution in [3.05, 3.63) is 22.9 Å². The van der Waals surface area contributed by atoms with Crippen molar-refractivity contribution in [3.8, 4) is 5.88 Å². The van der Waals surface area contributed by atoms with E-state index in [-0.39, 0.29) is 47.1 Å². The normalized spacial score (nSPS) is 20.4. The fraction of sp³-hybridized carbons (Fsp3) is 0.714. The molecule has 1 saturated carbocycles. The molecule has 0 radical (unpaired) electrons. The average molecular weight is 414 g/mol. The number of aliphatic hydroxyl groups excluding tert-OH is 1. The van der Waals surface area contributed by atoms with E-state index in [1.807, 2.05) is 11.8 Å². The van der Waals surface area contributed by atoms with E-state index in [2.05, 4.69) is 4.98 Å². The average Bonchev–Trinajstić information content (AvgIpc) is 2.59. The summed E-state index contributed by atoms with van der Waals surface area (Å²) >= 11 is 0. The number of aliphatic hydroxyl groups is 1. The Morgan fingerprint density at radius 3 is 2.45 bits per heavy atom. The van der Waals surface area contributed by atoms with Gasteiger partial charge in [0, 0.05) is 24.6 Å². The van der Waals surface area contributed by atoms with Crippen molar-refractivity contribution >= 4 is 5.91 Å². The number of rotatable bonds is 5. The number of ether oxygens (including phenoxy) is 1. The molecule has 1 saturated heterocycles. The lowest BCUT2D eigenvalue weighted by Crippen LogP contribution is -2.61. The molecule has 1 aliphatic heterocycles. The van der Waals surface area contributed by atoms with Gasteiger partial charge in [-0.1, -0.05) is 6.92 Å². The Morgan fingerprint density at radius 2 is 1.97 bits per heavy atom. The van der Waals surface area contributed by atoms with Crippen LogP contribution >= 0.6 is 0 Å². The first-order valence-corrected chi connectivity index (χ1v) is 10.2. The molecule has 1 spiro atoms. The van der Waals surface area contributed by atoms with Gasteiger partial charge in [-0.25, -0.2) is 4.98 Å². The maximum Gasteiger partial charge on any atom is 0.418 e. The number of carbonyl (C=O) groups excluding carboxylic acids is 1. The zero-order valence-electron chi connectivity index (χ0n) is 17.2. The number of hydrogen-bond acceptors (Lipinski definition) is 4. The molecule has 8 heteroatoms. The number of amides is 1. The van der Waals surface area contributed by atoms with E-state index in [1.54, 1.807) is 0 Å². The molecule has 2 aliphatic rings. The number of likely N-dealkylation sites (tertiary alicyclic amines) is 1. The van der Waals surface area contributed by atoms with Gasteiger partial charge in [0.2, 0.25) is 11.8 Å².